The van der Waals surface area contributed by atoms with Crippen LogP contribution in [0.3, 0.4) is 0 Å². The summed E-state index contributed by atoms with van der Waals surface area (Å²) >= 11 is 5.82. The lowest BCUT2D eigenvalue weighted by molar-refractivity contribution is -0.115. The van der Waals surface area contributed by atoms with Gasteiger partial charge in [-0.25, -0.2) is 9.67 Å². The standard InChI is InChI=1S/C12H14ClN5O/c1-14-6-11(19)16-12-15-8-18(17-12)7-9-2-4-10(13)5-3-9/h2-5,8,14H,6-7H2,1H3,(H,16,17,19). The van der Waals surface area contributed by atoms with Gasteiger partial charge in [0.15, 0.2) is 0 Å². The number of nitrogens with one attached hydrogen (secondary N) is 2. The maximum absolute atomic E-state index is 11.3. The number of likely N-dealkylation sites (N-methyl/N-ethyl adjacent to an activating group) is 1. The van der Waals surface area contributed by atoms with E-state index in [1.165, 1.54) is 0 Å². The van der Waals surface area contributed by atoms with E-state index < -0.39 is 0 Å². The number of carbonyl (C=O) groups excluding carboxylic acids is 1. The molecular weight excluding hydrogens is 266 g/mol. The number of anilines is 1. The van der Waals surface area contributed by atoms with Gasteiger partial charge in [-0.15, -0.1) is 5.10 Å². The summed E-state index contributed by atoms with van der Waals surface area (Å²) in [6.45, 7) is 0.803. The third-order valence-electron chi connectivity index (χ3n) is 2.38. The molecule has 19 heavy (non-hydrogen) atoms. The van der Waals surface area contributed by atoms with Crippen molar-refractivity contribution < 1.29 is 4.79 Å². The predicted molar refractivity (Wildman–Crippen MR) is 73.1 cm³/mol. The smallest absolute Gasteiger partial charge is 0.248 e. The van der Waals surface area contributed by atoms with Crippen LogP contribution in [0.2, 0.25) is 5.02 Å². The van der Waals surface area contributed by atoms with Crippen LogP contribution in [-0.4, -0.2) is 34.3 Å². The van der Waals surface area contributed by atoms with Gasteiger partial charge in [-0.2, -0.15) is 0 Å². The highest BCUT2D eigenvalue weighted by Crippen LogP contribution is 2.10. The first-order valence-electron chi connectivity index (χ1n) is 5.75. The Morgan fingerprint density at radius 3 is 2.79 bits per heavy atom. The average Bonchev–Trinajstić information content (AvgIpc) is 2.80. The van der Waals surface area contributed by atoms with Crippen molar-refractivity contribution in [2.75, 3.05) is 18.9 Å². The van der Waals surface area contributed by atoms with Gasteiger partial charge in [0.1, 0.15) is 6.33 Å². The van der Waals surface area contributed by atoms with Gasteiger partial charge >= 0.3 is 0 Å². The largest absolute Gasteiger partial charge is 0.311 e. The van der Waals surface area contributed by atoms with E-state index in [9.17, 15) is 4.79 Å². The minimum Gasteiger partial charge on any atom is -0.311 e. The van der Waals surface area contributed by atoms with Crippen LogP contribution >= 0.6 is 11.6 Å². The summed E-state index contributed by atoms with van der Waals surface area (Å²) < 4.78 is 1.65. The van der Waals surface area contributed by atoms with E-state index in [2.05, 4.69) is 20.7 Å². The Morgan fingerprint density at radius 1 is 1.37 bits per heavy atom. The SMILES string of the molecule is CNCC(=O)Nc1ncn(Cc2ccc(Cl)cc2)n1. The second kappa shape index (κ2) is 6.31. The van der Waals surface area contributed by atoms with Gasteiger partial charge in [-0.3, -0.25) is 10.1 Å². The number of amides is 1. The summed E-state index contributed by atoms with van der Waals surface area (Å²) in [5.74, 6) is 0.126. The number of nitrogens with zero attached hydrogens (tertiary/aromatic N) is 3. The molecule has 1 aromatic carbocycles. The highest BCUT2D eigenvalue weighted by Gasteiger charge is 2.05. The van der Waals surface area contributed by atoms with E-state index in [1.54, 1.807) is 18.1 Å². The second-order valence-corrected chi connectivity index (χ2v) is 4.41. The molecule has 0 fully saturated rings. The van der Waals surface area contributed by atoms with Crippen LogP contribution in [0.4, 0.5) is 5.95 Å². The maximum Gasteiger partial charge on any atom is 0.248 e. The van der Waals surface area contributed by atoms with Gasteiger partial charge in [-0.1, -0.05) is 23.7 Å². The Kier molecular flexibility index (Phi) is 4.48. The van der Waals surface area contributed by atoms with Crippen molar-refractivity contribution >= 4 is 23.5 Å². The number of hydrogen-bond acceptors (Lipinski definition) is 4. The summed E-state index contributed by atoms with van der Waals surface area (Å²) in [6, 6.07) is 7.49. The van der Waals surface area contributed by atoms with Crippen molar-refractivity contribution in [3.05, 3.63) is 41.2 Å². The highest BCUT2D eigenvalue weighted by atomic mass is 35.5. The van der Waals surface area contributed by atoms with Crippen molar-refractivity contribution in [2.45, 2.75) is 6.54 Å². The lowest BCUT2D eigenvalue weighted by Crippen LogP contribution is -2.25. The van der Waals surface area contributed by atoms with Crippen molar-refractivity contribution in [1.82, 2.24) is 20.1 Å². The zero-order chi connectivity index (χ0) is 13.7. The molecule has 0 aliphatic rings. The Morgan fingerprint density at radius 2 is 2.11 bits per heavy atom. The maximum atomic E-state index is 11.3. The third kappa shape index (κ3) is 4.04. The Hall–Kier alpha value is -1.92. The number of hydrogen-bond donors (Lipinski definition) is 2. The number of aromatic nitrogens is 3. The normalized spacial score (nSPS) is 10.4. The average molecular weight is 280 g/mol. The summed E-state index contributed by atoms with van der Waals surface area (Å²) in [5, 5.41) is 10.2. The number of benzene rings is 1. The number of rotatable bonds is 5. The topological polar surface area (TPSA) is 71.8 Å². The molecule has 2 rings (SSSR count). The van der Waals surface area contributed by atoms with Crippen LogP contribution in [-0.2, 0) is 11.3 Å². The Labute approximate surface area is 115 Å². The third-order valence-corrected chi connectivity index (χ3v) is 2.63. The highest BCUT2D eigenvalue weighted by molar-refractivity contribution is 6.30. The van der Waals surface area contributed by atoms with Gasteiger partial charge in [0.05, 0.1) is 13.1 Å². The van der Waals surface area contributed by atoms with Crippen LogP contribution < -0.4 is 10.6 Å². The van der Waals surface area contributed by atoms with Gasteiger partial charge in [-0.05, 0) is 24.7 Å². The predicted octanol–water partition coefficient (Wildman–Crippen LogP) is 1.14. The lowest BCUT2D eigenvalue weighted by Gasteiger charge is -2.01. The van der Waals surface area contributed by atoms with E-state index in [-0.39, 0.29) is 12.5 Å². The molecule has 0 saturated carbocycles. The molecule has 0 radical (unpaired) electrons. The molecule has 6 nitrogen and oxygen atoms in total. The first kappa shape index (κ1) is 13.5. The van der Waals surface area contributed by atoms with Gasteiger partial charge in [0.2, 0.25) is 11.9 Å². The quantitative estimate of drug-likeness (QED) is 0.861. The zero-order valence-electron chi connectivity index (χ0n) is 10.4. The molecule has 2 N–H and O–H groups in total. The number of carbonyl (C=O) groups is 1. The van der Waals surface area contributed by atoms with Crippen LogP contribution in [0.15, 0.2) is 30.6 Å². The number of halogens is 1. The molecule has 0 unspecified atom stereocenters. The molecule has 0 bridgehead atoms. The summed E-state index contributed by atoms with van der Waals surface area (Å²) in [5.41, 5.74) is 1.06. The van der Waals surface area contributed by atoms with E-state index in [0.717, 1.165) is 5.56 Å². The molecule has 0 saturated heterocycles. The van der Waals surface area contributed by atoms with Crippen molar-refractivity contribution in [1.29, 1.82) is 0 Å². The molecule has 100 valence electrons. The van der Waals surface area contributed by atoms with Gasteiger partial charge < -0.3 is 5.32 Å². The van der Waals surface area contributed by atoms with Crippen LogP contribution in [0.1, 0.15) is 5.56 Å². The van der Waals surface area contributed by atoms with E-state index in [1.807, 2.05) is 24.3 Å². The molecular formula is C12H14ClN5O. The summed E-state index contributed by atoms with van der Waals surface area (Å²) in [6.07, 6.45) is 1.57. The monoisotopic (exact) mass is 279 g/mol. The summed E-state index contributed by atoms with van der Waals surface area (Å²) in [4.78, 5) is 15.4. The first-order chi connectivity index (χ1) is 9.17. The molecule has 0 aliphatic heterocycles. The van der Waals surface area contributed by atoms with E-state index >= 15 is 0 Å². The van der Waals surface area contributed by atoms with E-state index in [4.69, 9.17) is 11.6 Å². The minimum atomic E-state index is -0.174. The molecule has 1 aromatic heterocycles. The Balaban J connectivity index is 1.97. The van der Waals surface area contributed by atoms with E-state index in [0.29, 0.717) is 17.5 Å². The fourth-order valence-corrected chi connectivity index (χ4v) is 1.66. The molecule has 0 spiro atoms. The van der Waals surface area contributed by atoms with Crippen molar-refractivity contribution in [2.24, 2.45) is 0 Å². The minimum absolute atomic E-state index is 0.174. The van der Waals surface area contributed by atoms with Crippen molar-refractivity contribution in [3.63, 3.8) is 0 Å². The fourth-order valence-electron chi connectivity index (χ4n) is 1.53. The lowest BCUT2D eigenvalue weighted by atomic mass is 10.2. The molecule has 1 heterocycles. The molecule has 0 atom stereocenters. The molecule has 1 amide bonds. The van der Waals surface area contributed by atoms with Crippen LogP contribution in [0.25, 0.3) is 0 Å². The molecule has 2 aromatic rings. The first-order valence-corrected chi connectivity index (χ1v) is 6.13. The van der Waals surface area contributed by atoms with Gasteiger partial charge in [0.25, 0.3) is 0 Å². The van der Waals surface area contributed by atoms with Crippen LogP contribution in [0, 0.1) is 0 Å². The fraction of sp³-hybridized carbons (Fsp3) is 0.250. The van der Waals surface area contributed by atoms with Gasteiger partial charge in [0, 0.05) is 5.02 Å². The summed E-state index contributed by atoms with van der Waals surface area (Å²) in [7, 11) is 1.70. The molecule has 7 heteroatoms. The Bertz CT molecular complexity index is 552. The second-order valence-electron chi connectivity index (χ2n) is 3.97. The zero-order valence-corrected chi connectivity index (χ0v) is 11.2. The van der Waals surface area contributed by atoms with Crippen LogP contribution in [0.5, 0.6) is 0 Å². The molecule has 0 aliphatic carbocycles. The van der Waals surface area contributed by atoms with Crippen molar-refractivity contribution in [3.8, 4) is 0 Å².